The molecule has 24 heavy (non-hydrogen) atoms. The summed E-state index contributed by atoms with van der Waals surface area (Å²) in [7, 11) is 0. The number of aliphatic hydroxyl groups excluding tert-OH is 2. The molecular formula is C18H18Br2N2O2. The Balaban J connectivity index is 0.000000240. The molecule has 2 aromatic heterocycles. The highest BCUT2D eigenvalue weighted by Gasteiger charge is 1.90. The summed E-state index contributed by atoms with van der Waals surface area (Å²) in [5, 5.41) is 17.8. The molecule has 0 aliphatic carbocycles. The van der Waals surface area contributed by atoms with Crippen molar-refractivity contribution in [3.05, 3.63) is 63.1 Å². The monoisotopic (exact) mass is 452 g/mol. The maximum absolute atomic E-state index is 8.94. The molecule has 4 nitrogen and oxygen atoms in total. The van der Waals surface area contributed by atoms with Crippen LogP contribution in [0.2, 0.25) is 0 Å². The lowest BCUT2D eigenvalue weighted by Crippen LogP contribution is -1.93. The van der Waals surface area contributed by atoms with Crippen LogP contribution >= 0.6 is 31.9 Å². The van der Waals surface area contributed by atoms with Crippen LogP contribution in [0.4, 0.5) is 0 Å². The maximum Gasteiger partial charge on any atom is 0.113 e. The van der Waals surface area contributed by atoms with Crippen molar-refractivity contribution in [1.82, 2.24) is 9.97 Å². The van der Waals surface area contributed by atoms with E-state index in [9.17, 15) is 0 Å². The van der Waals surface area contributed by atoms with Gasteiger partial charge in [-0.15, -0.1) is 0 Å². The van der Waals surface area contributed by atoms with E-state index in [2.05, 4.69) is 53.7 Å². The van der Waals surface area contributed by atoms with Crippen LogP contribution in [0.3, 0.4) is 0 Å². The van der Waals surface area contributed by atoms with Crippen molar-refractivity contribution in [2.24, 2.45) is 0 Å². The molecule has 2 N–H and O–H groups in total. The zero-order chi connectivity index (χ0) is 17.9. The van der Waals surface area contributed by atoms with Crippen LogP contribution in [0, 0.1) is 11.8 Å². The molecule has 0 saturated heterocycles. The van der Waals surface area contributed by atoms with Crippen molar-refractivity contribution in [3.63, 3.8) is 0 Å². The summed E-state index contributed by atoms with van der Waals surface area (Å²) in [6, 6.07) is 7.44. The Morgan fingerprint density at radius 2 is 1.62 bits per heavy atom. The van der Waals surface area contributed by atoms with Gasteiger partial charge in [-0.1, -0.05) is 12.0 Å². The number of rotatable bonds is 2. The summed E-state index contributed by atoms with van der Waals surface area (Å²) in [6.45, 7) is 3.32. The van der Waals surface area contributed by atoms with Gasteiger partial charge in [0, 0.05) is 21.3 Å². The second-order valence-corrected chi connectivity index (χ2v) is 6.64. The van der Waals surface area contributed by atoms with Gasteiger partial charge in [0.25, 0.3) is 0 Å². The van der Waals surface area contributed by atoms with Crippen molar-refractivity contribution < 1.29 is 10.2 Å². The molecule has 0 unspecified atom stereocenters. The number of hydrogen-bond donors (Lipinski definition) is 2. The lowest BCUT2D eigenvalue weighted by molar-refractivity contribution is 0.245. The van der Waals surface area contributed by atoms with Gasteiger partial charge in [0.2, 0.25) is 0 Å². The highest BCUT2D eigenvalue weighted by Crippen LogP contribution is 2.08. The lowest BCUT2D eigenvalue weighted by Gasteiger charge is -1.94. The molecule has 2 atom stereocenters. The van der Waals surface area contributed by atoms with Gasteiger partial charge in [0.1, 0.15) is 11.8 Å². The minimum Gasteiger partial charge on any atom is -0.389 e. The zero-order valence-corrected chi connectivity index (χ0v) is 16.5. The number of pyridine rings is 2. The molecule has 126 valence electrons. The highest BCUT2D eigenvalue weighted by atomic mass is 79.9. The first-order valence-corrected chi connectivity index (χ1v) is 8.74. The van der Waals surface area contributed by atoms with Crippen molar-refractivity contribution in [2.45, 2.75) is 26.1 Å². The Hall–Kier alpha value is -1.52. The Bertz CT molecular complexity index is 701. The van der Waals surface area contributed by atoms with Crippen molar-refractivity contribution in [1.29, 1.82) is 0 Å². The summed E-state index contributed by atoms with van der Waals surface area (Å²) in [5.41, 5.74) is 1.51. The summed E-state index contributed by atoms with van der Waals surface area (Å²) < 4.78 is 1.88. The van der Waals surface area contributed by atoms with Gasteiger partial charge in [0.15, 0.2) is 0 Å². The average Bonchev–Trinajstić information content (AvgIpc) is 2.54. The molecule has 0 amide bonds. The molecule has 0 radical (unpaired) electrons. The summed E-state index contributed by atoms with van der Waals surface area (Å²) in [5.74, 6) is 5.35. The SMILES string of the molecule is C[C@@H](O)/C=C\c1ccc(Br)cn1.C[C@@H](O)C#Cc1ccc(Br)cn1. The van der Waals surface area contributed by atoms with Crippen LogP contribution in [-0.2, 0) is 0 Å². The van der Waals surface area contributed by atoms with Crippen LogP contribution < -0.4 is 0 Å². The Morgan fingerprint density at radius 3 is 2.08 bits per heavy atom. The predicted octanol–water partition coefficient (Wildman–Crippen LogP) is 3.81. The van der Waals surface area contributed by atoms with E-state index in [1.165, 1.54) is 0 Å². The summed E-state index contributed by atoms with van der Waals surface area (Å²) >= 11 is 6.55. The number of nitrogens with zero attached hydrogens (tertiary/aromatic N) is 2. The third kappa shape index (κ3) is 9.58. The number of aromatic nitrogens is 2. The van der Waals surface area contributed by atoms with Gasteiger partial charge >= 0.3 is 0 Å². The quantitative estimate of drug-likeness (QED) is 0.678. The Labute approximate surface area is 158 Å². The molecular weight excluding hydrogens is 436 g/mol. The van der Waals surface area contributed by atoms with Gasteiger partial charge in [-0.3, -0.25) is 4.98 Å². The molecule has 0 saturated carbocycles. The average molecular weight is 454 g/mol. The minimum atomic E-state index is -0.601. The summed E-state index contributed by atoms with van der Waals surface area (Å²) in [6.07, 6.45) is 5.85. The molecule has 6 heteroatoms. The fraction of sp³-hybridized carbons (Fsp3) is 0.222. The van der Waals surface area contributed by atoms with Crippen molar-refractivity contribution in [3.8, 4) is 11.8 Å². The molecule has 0 fully saturated rings. The summed E-state index contributed by atoms with van der Waals surface area (Å²) in [4.78, 5) is 8.12. The van der Waals surface area contributed by atoms with E-state index in [4.69, 9.17) is 10.2 Å². The van der Waals surface area contributed by atoms with E-state index >= 15 is 0 Å². The second-order valence-electron chi connectivity index (χ2n) is 4.81. The van der Waals surface area contributed by atoms with Crippen LogP contribution in [0.15, 0.2) is 51.7 Å². The van der Waals surface area contributed by atoms with Crippen LogP contribution in [0.1, 0.15) is 25.2 Å². The van der Waals surface area contributed by atoms with E-state index in [0.717, 1.165) is 14.6 Å². The normalized spacial score (nSPS) is 12.6. The fourth-order valence-corrected chi connectivity index (χ4v) is 1.82. The first kappa shape index (κ1) is 20.5. The van der Waals surface area contributed by atoms with Crippen molar-refractivity contribution >= 4 is 37.9 Å². The molecule has 2 rings (SSSR count). The second kappa shape index (κ2) is 11.1. The molecule has 0 spiro atoms. The van der Waals surface area contributed by atoms with Crippen LogP contribution in [-0.4, -0.2) is 32.4 Å². The smallest absolute Gasteiger partial charge is 0.113 e. The van der Waals surface area contributed by atoms with Gasteiger partial charge in [0.05, 0.1) is 11.8 Å². The molecule has 0 aromatic carbocycles. The standard InChI is InChI=1S/C9H10BrNO.C9H8BrNO/c2*1-7(12)2-4-9-5-3-8(10)6-11-9/h2-7,12H,1H3;3,5-7,12H,1H3/b4-2-;/t2*7-/m11/s1. The first-order valence-electron chi connectivity index (χ1n) is 7.16. The van der Waals surface area contributed by atoms with E-state index < -0.39 is 12.2 Å². The van der Waals surface area contributed by atoms with E-state index in [1.807, 2.05) is 18.2 Å². The maximum atomic E-state index is 8.94. The Morgan fingerprint density at radius 1 is 1.00 bits per heavy atom. The molecule has 0 aliphatic heterocycles. The lowest BCUT2D eigenvalue weighted by atomic mass is 10.3. The third-order valence-corrected chi connectivity index (χ3v) is 3.37. The molecule has 0 bridgehead atoms. The fourth-order valence-electron chi connectivity index (χ4n) is 1.35. The molecule has 0 aliphatic rings. The minimum absolute atomic E-state index is 0.421. The molecule has 2 heterocycles. The number of hydrogen-bond acceptors (Lipinski definition) is 4. The number of halogens is 2. The zero-order valence-electron chi connectivity index (χ0n) is 13.3. The van der Waals surface area contributed by atoms with E-state index in [1.54, 1.807) is 44.5 Å². The van der Waals surface area contributed by atoms with Gasteiger partial charge in [-0.25, -0.2) is 4.98 Å². The van der Waals surface area contributed by atoms with Gasteiger partial charge in [-0.2, -0.15) is 0 Å². The van der Waals surface area contributed by atoms with E-state index in [-0.39, 0.29) is 0 Å². The number of aliphatic hydroxyl groups is 2. The third-order valence-electron chi connectivity index (χ3n) is 2.43. The highest BCUT2D eigenvalue weighted by molar-refractivity contribution is 9.10. The Kier molecular flexibility index (Phi) is 9.50. The largest absolute Gasteiger partial charge is 0.389 e. The van der Waals surface area contributed by atoms with Crippen molar-refractivity contribution in [2.75, 3.05) is 0 Å². The predicted molar refractivity (Wildman–Crippen MR) is 103 cm³/mol. The topological polar surface area (TPSA) is 66.2 Å². The van der Waals surface area contributed by atoms with E-state index in [0.29, 0.717) is 5.69 Å². The van der Waals surface area contributed by atoms with Crippen LogP contribution in [0.5, 0.6) is 0 Å². The van der Waals surface area contributed by atoms with Gasteiger partial charge < -0.3 is 10.2 Å². The van der Waals surface area contributed by atoms with Crippen LogP contribution in [0.25, 0.3) is 6.08 Å². The first-order chi connectivity index (χ1) is 11.4. The van der Waals surface area contributed by atoms with Gasteiger partial charge in [-0.05, 0) is 82.0 Å². The molecule has 2 aromatic rings.